The summed E-state index contributed by atoms with van der Waals surface area (Å²) in [4.78, 5) is 11.7. The van der Waals surface area contributed by atoms with Crippen LogP contribution in [0, 0.1) is 6.92 Å². The van der Waals surface area contributed by atoms with Crippen LogP contribution in [0.5, 0.6) is 0 Å². The molecule has 0 saturated heterocycles. The van der Waals surface area contributed by atoms with Gasteiger partial charge < -0.3 is 0 Å². The number of carbonyl (C=O) groups is 1. The van der Waals surface area contributed by atoms with Crippen LogP contribution < -0.4 is 0 Å². The van der Waals surface area contributed by atoms with Crippen molar-refractivity contribution in [3.8, 4) is 0 Å². The molecule has 1 heterocycles. The van der Waals surface area contributed by atoms with Gasteiger partial charge in [0.2, 0.25) is 0 Å². The molecule has 0 aliphatic carbocycles. The minimum Gasteiger partial charge on any atom is -0.299 e. The van der Waals surface area contributed by atoms with Crippen molar-refractivity contribution < 1.29 is 4.79 Å². The zero-order chi connectivity index (χ0) is 12.1. The summed E-state index contributed by atoms with van der Waals surface area (Å²) >= 11 is 3.48. The van der Waals surface area contributed by atoms with Gasteiger partial charge in [-0.15, -0.1) is 0 Å². The summed E-state index contributed by atoms with van der Waals surface area (Å²) in [5, 5.41) is 4.28. The summed E-state index contributed by atoms with van der Waals surface area (Å²) in [7, 11) is 1.88. The fraction of sp³-hybridized carbons (Fsp3) is 0.667. The third-order valence-electron chi connectivity index (χ3n) is 2.69. The van der Waals surface area contributed by atoms with E-state index >= 15 is 0 Å². The Labute approximate surface area is 105 Å². The third-order valence-corrected chi connectivity index (χ3v) is 3.72. The maximum atomic E-state index is 11.7. The monoisotopic (exact) mass is 286 g/mol. The van der Waals surface area contributed by atoms with Crippen molar-refractivity contribution in [2.75, 3.05) is 0 Å². The van der Waals surface area contributed by atoms with Crippen LogP contribution in [0.3, 0.4) is 0 Å². The molecule has 4 heteroatoms. The molecule has 0 bridgehead atoms. The number of Topliss-reactive ketones (excluding diaryl/α,β-unsaturated/α-hetero) is 1. The number of aryl methyl sites for hydroxylation is 2. The fourth-order valence-corrected chi connectivity index (χ4v) is 2.20. The molecule has 0 saturated carbocycles. The smallest absolute Gasteiger partial charge is 0.138 e. The molecule has 3 nitrogen and oxygen atoms in total. The second-order valence-corrected chi connectivity index (χ2v) is 4.94. The van der Waals surface area contributed by atoms with Crippen LogP contribution in [-0.2, 0) is 18.3 Å². The van der Waals surface area contributed by atoms with E-state index in [0.717, 1.165) is 35.1 Å². The van der Waals surface area contributed by atoms with E-state index in [-0.39, 0.29) is 0 Å². The lowest BCUT2D eigenvalue weighted by Gasteiger charge is -2.02. The molecule has 0 aromatic carbocycles. The Morgan fingerprint density at radius 3 is 2.62 bits per heavy atom. The lowest BCUT2D eigenvalue weighted by molar-refractivity contribution is -0.118. The van der Waals surface area contributed by atoms with E-state index in [9.17, 15) is 4.79 Å². The fourth-order valence-electron chi connectivity index (χ4n) is 1.72. The summed E-state index contributed by atoms with van der Waals surface area (Å²) in [6.07, 6.45) is 4.47. The molecular weight excluding hydrogens is 268 g/mol. The van der Waals surface area contributed by atoms with Gasteiger partial charge in [0.25, 0.3) is 0 Å². The Kier molecular flexibility index (Phi) is 5.19. The van der Waals surface area contributed by atoms with Gasteiger partial charge in [-0.25, -0.2) is 0 Å². The SMILES string of the molecule is CCCCCC(=O)Cc1c(Br)c(C)nn1C. The highest BCUT2D eigenvalue weighted by atomic mass is 79.9. The first kappa shape index (κ1) is 13.4. The first-order valence-corrected chi connectivity index (χ1v) is 6.55. The number of ketones is 1. The third kappa shape index (κ3) is 3.44. The summed E-state index contributed by atoms with van der Waals surface area (Å²) in [5.74, 6) is 0.303. The molecule has 0 unspecified atom stereocenters. The molecule has 0 spiro atoms. The Morgan fingerprint density at radius 2 is 2.12 bits per heavy atom. The predicted molar refractivity (Wildman–Crippen MR) is 68.5 cm³/mol. The number of aromatic nitrogens is 2. The molecule has 1 aromatic heterocycles. The summed E-state index contributed by atoms with van der Waals surface area (Å²) in [5.41, 5.74) is 1.93. The zero-order valence-corrected chi connectivity index (χ0v) is 11.8. The molecule has 0 aliphatic heterocycles. The average molecular weight is 287 g/mol. The lowest BCUT2D eigenvalue weighted by atomic mass is 10.1. The highest BCUT2D eigenvalue weighted by Gasteiger charge is 2.13. The quantitative estimate of drug-likeness (QED) is 0.753. The maximum Gasteiger partial charge on any atom is 0.138 e. The summed E-state index contributed by atoms with van der Waals surface area (Å²) in [6, 6.07) is 0. The molecule has 0 atom stereocenters. The van der Waals surface area contributed by atoms with Crippen molar-refractivity contribution >= 4 is 21.7 Å². The second kappa shape index (κ2) is 6.18. The normalized spacial score (nSPS) is 10.8. The molecule has 1 aromatic rings. The Hall–Kier alpha value is -0.640. The van der Waals surface area contributed by atoms with Crippen LogP contribution in [0.15, 0.2) is 4.47 Å². The van der Waals surface area contributed by atoms with E-state index in [4.69, 9.17) is 0 Å². The largest absolute Gasteiger partial charge is 0.299 e. The van der Waals surface area contributed by atoms with Crippen LogP contribution in [-0.4, -0.2) is 15.6 Å². The molecule has 0 aliphatic rings. The van der Waals surface area contributed by atoms with E-state index in [1.165, 1.54) is 0 Å². The number of rotatable bonds is 6. The van der Waals surface area contributed by atoms with Crippen molar-refractivity contribution in [2.24, 2.45) is 7.05 Å². The molecule has 0 fully saturated rings. The van der Waals surface area contributed by atoms with Gasteiger partial charge in [0.1, 0.15) is 5.78 Å². The first-order chi connectivity index (χ1) is 7.56. The van der Waals surface area contributed by atoms with E-state index in [2.05, 4.69) is 28.0 Å². The lowest BCUT2D eigenvalue weighted by Crippen LogP contribution is -2.07. The predicted octanol–water partition coefficient (Wildman–Crippen LogP) is 3.18. The highest BCUT2D eigenvalue weighted by Crippen LogP contribution is 2.21. The van der Waals surface area contributed by atoms with Crippen molar-refractivity contribution in [2.45, 2.75) is 46.0 Å². The second-order valence-electron chi connectivity index (χ2n) is 4.14. The van der Waals surface area contributed by atoms with Crippen LogP contribution in [0.25, 0.3) is 0 Å². The Balaban J connectivity index is 2.56. The minimum atomic E-state index is 0.303. The topological polar surface area (TPSA) is 34.9 Å². The van der Waals surface area contributed by atoms with Crippen molar-refractivity contribution in [1.82, 2.24) is 9.78 Å². The zero-order valence-electron chi connectivity index (χ0n) is 10.2. The molecule has 0 N–H and O–H groups in total. The highest BCUT2D eigenvalue weighted by molar-refractivity contribution is 9.10. The number of halogens is 1. The summed E-state index contributed by atoms with van der Waals surface area (Å²) < 4.78 is 2.76. The van der Waals surface area contributed by atoms with Crippen LogP contribution in [0.2, 0.25) is 0 Å². The summed E-state index contributed by atoms with van der Waals surface area (Å²) in [6.45, 7) is 4.08. The number of hydrogen-bond acceptors (Lipinski definition) is 2. The van der Waals surface area contributed by atoms with Gasteiger partial charge in [0.05, 0.1) is 15.9 Å². The van der Waals surface area contributed by atoms with Crippen molar-refractivity contribution in [1.29, 1.82) is 0 Å². The van der Waals surface area contributed by atoms with Crippen molar-refractivity contribution in [3.63, 3.8) is 0 Å². The molecular formula is C12H19BrN2O. The average Bonchev–Trinajstić information content (AvgIpc) is 2.46. The molecule has 1 rings (SSSR count). The van der Waals surface area contributed by atoms with E-state index in [1.54, 1.807) is 4.68 Å². The number of hydrogen-bond donors (Lipinski definition) is 0. The number of unbranched alkanes of at least 4 members (excludes halogenated alkanes) is 2. The first-order valence-electron chi connectivity index (χ1n) is 5.76. The van der Waals surface area contributed by atoms with Gasteiger partial charge in [-0.1, -0.05) is 19.8 Å². The van der Waals surface area contributed by atoms with E-state index < -0.39 is 0 Å². The number of nitrogens with zero attached hydrogens (tertiary/aromatic N) is 2. The van der Waals surface area contributed by atoms with Gasteiger partial charge in [0, 0.05) is 19.9 Å². The van der Waals surface area contributed by atoms with Crippen LogP contribution in [0.4, 0.5) is 0 Å². The van der Waals surface area contributed by atoms with Crippen LogP contribution in [0.1, 0.15) is 44.0 Å². The molecule has 0 radical (unpaired) electrons. The molecule has 0 amide bonds. The van der Waals surface area contributed by atoms with Gasteiger partial charge in [0.15, 0.2) is 0 Å². The van der Waals surface area contributed by atoms with E-state index in [0.29, 0.717) is 18.6 Å². The van der Waals surface area contributed by atoms with Gasteiger partial charge in [-0.3, -0.25) is 9.48 Å². The molecule has 90 valence electrons. The Morgan fingerprint density at radius 1 is 1.44 bits per heavy atom. The molecule has 16 heavy (non-hydrogen) atoms. The van der Waals surface area contributed by atoms with Crippen molar-refractivity contribution in [3.05, 3.63) is 15.9 Å². The van der Waals surface area contributed by atoms with Gasteiger partial charge in [-0.2, -0.15) is 5.10 Å². The van der Waals surface area contributed by atoms with Crippen LogP contribution >= 0.6 is 15.9 Å². The number of carbonyl (C=O) groups excluding carboxylic acids is 1. The minimum absolute atomic E-state index is 0.303. The van der Waals surface area contributed by atoms with Gasteiger partial charge >= 0.3 is 0 Å². The van der Waals surface area contributed by atoms with Gasteiger partial charge in [-0.05, 0) is 29.3 Å². The van der Waals surface area contributed by atoms with E-state index in [1.807, 2.05) is 14.0 Å². The Bertz CT molecular complexity index is 371. The maximum absolute atomic E-state index is 11.7. The standard InChI is InChI=1S/C12H19BrN2O/c1-4-5-6-7-10(16)8-11-12(13)9(2)14-15(11)3/h4-8H2,1-3H3.